The third-order valence-corrected chi connectivity index (χ3v) is 1.96. The molecule has 1 aromatic rings. The van der Waals surface area contributed by atoms with Gasteiger partial charge in [-0.1, -0.05) is 17.7 Å². The Bertz CT molecular complexity index is 242. The maximum Gasteiger partial charge on any atom is 0.0751 e. The molecule has 0 aliphatic carbocycles. The highest BCUT2D eigenvalue weighted by Gasteiger charge is 2.02. The molecule has 0 fully saturated rings. The molecule has 0 atom stereocenters. The number of hydrogen-bond donors (Lipinski definition) is 1. The number of benzene rings is 1. The molecule has 2 nitrogen and oxygen atoms in total. The van der Waals surface area contributed by atoms with Crippen LogP contribution in [0.4, 0.5) is 5.69 Å². The summed E-state index contributed by atoms with van der Waals surface area (Å²) < 4.78 is 5.22. The van der Waals surface area contributed by atoms with E-state index in [2.05, 4.69) is 0 Å². The Balaban J connectivity index is 2.81. The fourth-order valence-electron chi connectivity index (χ4n) is 0.932. The van der Waals surface area contributed by atoms with Gasteiger partial charge in [0.2, 0.25) is 0 Å². The Hall–Kier alpha value is -0.730. The molecule has 0 heterocycles. The molecule has 0 saturated heterocycles. The Morgan fingerprint density at radius 2 is 2.25 bits per heavy atom. The monoisotopic (exact) mass is 185 g/mol. The van der Waals surface area contributed by atoms with Crippen molar-refractivity contribution in [3.8, 4) is 0 Å². The van der Waals surface area contributed by atoms with Crippen LogP contribution in [0.1, 0.15) is 12.5 Å². The van der Waals surface area contributed by atoms with Gasteiger partial charge in [0.1, 0.15) is 0 Å². The van der Waals surface area contributed by atoms with E-state index in [1.54, 1.807) is 0 Å². The smallest absolute Gasteiger partial charge is 0.0751 e. The number of hydrogen-bond acceptors (Lipinski definition) is 2. The van der Waals surface area contributed by atoms with Gasteiger partial charge in [0.15, 0.2) is 0 Å². The number of rotatable bonds is 3. The van der Waals surface area contributed by atoms with E-state index in [1.807, 2.05) is 25.1 Å². The van der Waals surface area contributed by atoms with Gasteiger partial charge in [-0.2, -0.15) is 0 Å². The van der Waals surface area contributed by atoms with E-state index in [0.717, 1.165) is 5.56 Å². The van der Waals surface area contributed by atoms with E-state index in [0.29, 0.717) is 23.9 Å². The van der Waals surface area contributed by atoms with Crippen molar-refractivity contribution in [2.24, 2.45) is 0 Å². The van der Waals surface area contributed by atoms with E-state index < -0.39 is 0 Å². The van der Waals surface area contributed by atoms with Crippen molar-refractivity contribution in [1.29, 1.82) is 0 Å². The lowest BCUT2D eigenvalue weighted by atomic mass is 10.2. The lowest BCUT2D eigenvalue weighted by Crippen LogP contribution is -1.98. The van der Waals surface area contributed by atoms with Crippen molar-refractivity contribution in [2.75, 3.05) is 12.3 Å². The Morgan fingerprint density at radius 3 is 2.83 bits per heavy atom. The van der Waals surface area contributed by atoms with Crippen molar-refractivity contribution in [2.45, 2.75) is 13.5 Å². The minimum absolute atomic E-state index is 0.488. The molecule has 66 valence electrons. The molecule has 0 bridgehead atoms. The second-order valence-corrected chi connectivity index (χ2v) is 2.85. The molecular formula is C9H12ClNO. The maximum atomic E-state index is 5.91. The van der Waals surface area contributed by atoms with Crippen molar-refractivity contribution in [3.63, 3.8) is 0 Å². The molecule has 3 heteroatoms. The number of anilines is 1. The van der Waals surface area contributed by atoms with E-state index in [1.165, 1.54) is 0 Å². The first-order chi connectivity index (χ1) is 5.75. The molecule has 0 amide bonds. The highest BCUT2D eigenvalue weighted by atomic mass is 35.5. The topological polar surface area (TPSA) is 35.2 Å². The zero-order valence-corrected chi connectivity index (χ0v) is 7.77. The summed E-state index contributed by atoms with van der Waals surface area (Å²) in [6.07, 6.45) is 0. The Labute approximate surface area is 77.3 Å². The number of halogens is 1. The van der Waals surface area contributed by atoms with Gasteiger partial charge in [0.05, 0.1) is 6.61 Å². The minimum atomic E-state index is 0.488. The van der Waals surface area contributed by atoms with E-state index in [-0.39, 0.29) is 0 Å². The fourth-order valence-corrected chi connectivity index (χ4v) is 1.17. The van der Waals surface area contributed by atoms with Gasteiger partial charge in [-0.05, 0) is 19.1 Å². The van der Waals surface area contributed by atoms with Gasteiger partial charge >= 0.3 is 0 Å². The lowest BCUT2D eigenvalue weighted by molar-refractivity contribution is 0.134. The summed E-state index contributed by atoms with van der Waals surface area (Å²) in [7, 11) is 0. The van der Waals surface area contributed by atoms with Gasteiger partial charge in [0, 0.05) is 22.9 Å². The summed E-state index contributed by atoms with van der Waals surface area (Å²) in [4.78, 5) is 0. The van der Waals surface area contributed by atoms with Gasteiger partial charge in [-0.3, -0.25) is 0 Å². The molecular weight excluding hydrogens is 174 g/mol. The first-order valence-electron chi connectivity index (χ1n) is 3.86. The van der Waals surface area contributed by atoms with Crippen LogP contribution in [0.15, 0.2) is 18.2 Å². The molecule has 0 radical (unpaired) electrons. The zero-order chi connectivity index (χ0) is 8.97. The van der Waals surface area contributed by atoms with Crippen LogP contribution < -0.4 is 5.73 Å². The van der Waals surface area contributed by atoms with E-state index in [4.69, 9.17) is 22.1 Å². The number of ether oxygens (including phenoxy) is 1. The summed E-state index contributed by atoms with van der Waals surface area (Å²) in [6, 6.07) is 5.46. The van der Waals surface area contributed by atoms with Crippen LogP contribution in [-0.4, -0.2) is 6.61 Å². The van der Waals surface area contributed by atoms with Crippen LogP contribution in [0, 0.1) is 0 Å². The lowest BCUT2D eigenvalue weighted by Gasteiger charge is -2.06. The van der Waals surface area contributed by atoms with Crippen molar-refractivity contribution in [1.82, 2.24) is 0 Å². The molecule has 0 unspecified atom stereocenters. The predicted octanol–water partition coefficient (Wildman–Crippen LogP) is 2.46. The van der Waals surface area contributed by atoms with Crippen molar-refractivity contribution < 1.29 is 4.74 Å². The van der Waals surface area contributed by atoms with Crippen molar-refractivity contribution >= 4 is 17.3 Å². The zero-order valence-electron chi connectivity index (χ0n) is 7.01. The second-order valence-electron chi connectivity index (χ2n) is 2.44. The molecule has 2 N–H and O–H groups in total. The first kappa shape index (κ1) is 9.36. The summed E-state index contributed by atoms with van der Waals surface area (Å²) >= 11 is 5.91. The predicted molar refractivity (Wildman–Crippen MR) is 51.2 cm³/mol. The largest absolute Gasteiger partial charge is 0.398 e. The summed E-state index contributed by atoms with van der Waals surface area (Å²) in [5, 5.41) is 0.670. The molecule has 12 heavy (non-hydrogen) atoms. The molecule has 0 aliphatic heterocycles. The summed E-state index contributed by atoms with van der Waals surface area (Å²) in [6.45, 7) is 3.10. The molecule has 0 aliphatic rings. The van der Waals surface area contributed by atoms with Crippen LogP contribution in [0.2, 0.25) is 5.02 Å². The van der Waals surface area contributed by atoms with Crippen LogP contribution >= 0.6 is 11.6 Å². The number of nitrogens with two attached hydrogens (primary N) is 1. The highest BCUT2D eigenvalue weighted by Crippen LogP contribution is 2.22. The second kappa shape index (κ2) is 4.33. The fraction of sp³-hybridized carbons (Fsp3) is 0.333. The normalized spacial score (nSPS) is 10.2. The van der Waals surface area contributed by atoms with Crippen LogP contribution in [0.5, 0.6) is 0 Å². The third-order valence-electron chi connectivity index (χ3n) is 1.61. The molecule has 0 aromatic heterocycles. The SMILES string of the molecule is CCOCc1c(N)cccc1Cl. The van der Waals surface area contributed by atoms with E-state index in [9.17, 15) is 0 Å². The third kappa shape index (κ3) is 2.13. The minimum Gasteiger partial charge on any atom is -0.398 e. The van der Waals surface area contributed by atoms with Crippen LogP contribution in [-0.2, 0) is 11.3 Å². The van der Waals surface area contributed by atoms with Crippen LogP contribution in [0.25, 0.3) is 0 Å². The molecule has 1 aromatic carbocycles. The van der Waals surface area contributed by atoms with E-state index >= 15 is 0 Å². The molecule has 1 rings (SSSR count). The molecule has 0 saturated carbocycles. The maximum absolute atomic E-state index is 5.91. The van der Waals surface area contributed by atoms with Gasteiger partial charge in [0.25, 0.3) is 0 Å². The first-order valence-corrected chi connectivity index (χ1v) is 4.24. The summed E-state index contributed by atoms with van der Waals surface area (Å²) in [5.41, 5.74) is 7.26. The average Bonchev–Trinajstić information content (AvgIpc) is 2.04. The van der Waals surface area contributed by atoms with Gasteiger partial charge < -0.3 is 10.5 Å². The van der Waals surface area contributed by atoms with Crippen molar-refractivity contribution in [3.05, 3.63) is 28.8 Å². The molecule has 0 spiro atoms. The standard InChI is InChI=1S/C9H12ClNO/c1-2-12-6-7-8(10)4-3-5-9(7)11/h3-5H,2,6,11H2,1H3. The Morgan fingerprint density at radius 1 is 1.50 bits per heavy atom. The average molecular weight is 186 g/mol. The van der Waals surface area contributed by atoms with Crippen LogP contribution in [0.3, 0.4) is 0 Å². The quantitative estimate of drug-likeness (QED) is 0.735. The number of nitrogen functional groups attached to an aromatic ring is 1. The highest BCUT2D eigenvalue weighted by molar-refractivity contribution is 6.31. The Kier molecular flexibility index (Phi) is 3.38. The van der Waals surface area contributed by atoms with Gasteiger partial charge in [-0.15, -0.1) is 0 Å². The van der Waals surface area contributed by atoms with Gasteiger partial charge in [-0.25, -0.2) is 0 Å². The summed E-state index contributed by atoms with van der Waals surface area (Å²) in [5.74, 6) is 0.